The van der Waals surface area contributed by atoms with Gasteiger partial charge in [-0.2, -0.15) is 0 Å². The van der Waals surface area contributed by atoms with E-state index >= 15 is 0 Å². The Labute approximate surface area is 226 Å². The molecular weight excluding hydrogens is 476 g/mol. The van der Waals surface area contributed by atoms with Crippen molar-refractivity contribution in [3.8, 4) is 0 Å². The summed E-state index contributed by atoms with van der Waals surface area (Å²) in [5.74, 6) is 3.49. The number of benzene rings is 1. The van der Waals surface area contributed by atoms with Crippen molar-refractivity contribution in [2.75, 3.05) is 25.4 Å². The largest absolute Gasteiger partial charge is 0.423 e. The van der Waals surface area contributed by atoms with Crippen LogP contribution in [0.1, 0.15) is 77.2 Å². The lowest BCUT2D eigenvalue weighted by molar-refractivity contribution is -0.145. The highest BCUT2D eigenvalue weighted by Crippen LogP contribution is 2.66. The van der Waals surface area contributed by atoms with Gasteiger partial charge in [-0.1, -0.05) is 13.8 Å². The van der Waals surface area contributed by atoms with Crippen LogP contribution < -0.4 is 16.7 Å². The van der Waals surface area contributed by atoms with E-state index in [2.05, 4.69) is 19.2 Å². The minimum Gasteiger partial charge on any atom is -0.423 e. The molecule has 4 saturated carbocycles. The zero-order valence-electron chi connectivity index (χ0n) is 23.1. The molecule has 38 heavy (non-hydrogen) atoms. The predicted molar refractivity (Wildman–Crippen MR) is 150 cm³/mol. The molecule has 0 radical (unpaired) electrons. The van der Waals surface area contributed by atoms with Gasteiger partial charge in [0.2, 0.25) is 0 Å². The maximum Gasteiger partial charge on any atom is 0.336 e. The number of fused-ring (bicyclic) bond motifs is 6. The Hall–Kier alpha value is -2.18. The number of carbonyl (C=O) groups is 1. The van der Waals surface area contributed by atoms with Gasteiger partial charge in [0.1, 0.15) is 11.4 Å². The average molecular weight is 521 g/mol. The van der Waals surface area contributed by atoms with Crippen molar-refractivity contribution < 1.29 is 13.9 Å². The van der Waals surface area contributed by atoms with Crippen molar-refractivity contribution in [1.82, 2.24) is 5.32 Å². The highest BCUT2D eigenvalue weighted by molar-refractivity contribution is 5.83. The molecule has 7 atom stereocenters. The highest BCUT2D eigenvalue weighted by atomic mass is 16.5. The zero-order valence-corrected chi connectivity index (χ0v) is 23.1. The van der Waals surface area contributed by atoms with Gasteiger partial charge in [0, 0.05) is 42.6 Å². The molecule has 0 unspecified atom stereocenters. The van der Waals surface area contributed by atoms with E-state index in [1.807, 2.05) is 12.1 Å². The van der Waals surface area contributed by atoms with E-state index in [9.17, 15) is 9.59 Å². The smallest absolute Gasteiger partial charge is 0.336 e. The zero-order chi connectivity index (χ0) is 26.5. The second kappa shape index (κ2) is 10.1. The highest BCUT2D eigenvalue weighted by Gasteiger charge is 2.60. The maximum atomic E-state index is 12.2. The van der Waals surface area contributed by atoms with Gasteiger partial charge in [-0.05, 0) is 110 Å². The summed E-state index contributed by atoms with van der Waals surface area (Å²) < 4.78 is 11.9. The van der Waals surface area contributed by atoms with Crippen LogP contribution in [0.2, 0.25) is 0 Å². The molecule has 0 saturated heterocycles. The maximum absolute atomic E-state index is 12.2. The third kappa shape index (κ3) is 4.52. The number of ketones is 1. The van der Waals surface area contributed by atoms with Gasteiger partial charge < -0.3 is 20.2 Å². The quantitative estimate of drug-likeness (QED) is 0.284. The van der Waals surface area contributed by atoms with E-state index in [-0.39, 0.29) is 11.0 Å². The molecule has 6 rings (SSSR count). The Bertz CT molecular complexity index is 1260. The molecule has 0 amide bonds. The number of nitrogens with two attached hydrogens (primary N) is 1. The van der Waals surface area contributed by atoms with Crippen LogP contribution in [0, 0.1) is 34.5 Å². The summed E-state index contributed by atoms with van der Waals surface area (Å²) in [5.41, 5.74) is 8.30. The second-order valence-electron chi connectivity index (χ2n) is 13.2. The number of Topliss-reactive ketones (excluding diaryl/α,β-unsaturated/α-hetero) is 1. The van der Waals surface area contributed by atoms with E-state index in [1.54, 1.807) is 12.1 Å². The van der Waals surface area contributed by atoms with Crippen LogP contribution in [-0.4, -0.2) is 31.6 Å². The van der Waals surface area contributed by atoms with Crippen molar-refractivity contribution in [1.29, 1.82) is 0 Å². The van der Waals surface area contributed by atoms with Crippen molar-refractivity contribution in [3.05, 3.63) is 40.2 Å². The Morgan fingerprint density at radius 1 is 1.00 bits per heavy atom. The minimum absolute atomic E-state index is 0.285. The molecule has 0 bridgehead atoms. The summed E-state index contributed by atoms with van der Waals surface area (Å²) in [6.07, 6.45) is 11.5. The lowest BCUT2D eigenvalue weighted by Gasteiger charge is -2.60. The Kier molecular flexibility index (Phi) is 6.92. The number of ether oxygens (including phenoxy) is 1. The third-order valence-electron chi connectivity index (χ3n) is 11.4. The SMILES string of the molecule is C[C@]12CCC(=O)C[C@@H]1CC[C@@H]1[C@@H]2CC[C@]2(C)[C@@H](OCCNCCc3cc(=O)oc4cc(N)ccc34)CC[C@@H]12. The molecule has 4 aliphatic rings. The standard InChI is InChI=1S/C32H44N2O4/c1-31-12-9-23(35)18-21(31)3-5-25-26-7-8-29(32(26,2)13-10-27(25)31)37-16-15-34-14-11-20-17-30(36)38-28-19-22(33)4-6-24(20)28/h4,6,17,19,21,25-27,29,34H,3,5,7-16,18,33H2,1-2H3/t21-,25-,26-,27-,29-,31-,32-/m0/s1. The Morgan fingerprint density at radius 3 is 2.71 bits per heavy atom. The van der Waals surface area contributed by atoms with Gasteiger partial charge in [0.05, 0.1) is 12.7 Å². The van der Waals surface area contributed by atoms with Gasteiger partial charge in [0.25, 0.3) is 0 Å². The topological polar surface area (TPSA) is 94.6 Å². The summed E-state index contributed by atoms with van der Waals surface area (Å²) in [6, 6.07) is 7.08. The monoisotopic (exact) mass is 520 g/mol. The summed E-state index contributed by atoms with van der Waals surface area (Å²) in [4.78, 5) is 24.1. The number of hydrogen-bond donors (Lipinski definition) is 2. The lowest BCUT2D eigenvalue weighted by Crippen LogP contribution is -2.54. The lowest BCUT2D eigenvalue weighted by atomic mass is 9.45. The number of rotatable bonds is 7. The van der Waals surface area contributed by atoms with E-state index in [4.69, 9.17) is 14.9 Å². The molecule has 0 aliphatic heterocycles. The fourth-order valence-electron chi connectivity index (χ4n) is 9.35. The summed E-state index contributed by atoms with van der Waals surface area (Å²) in [5, 5.41) is 4.46. The first-order chi connectivity index (χ1) is 18.3. The minimum atomic E-state index is -0.334. The van der Waals surface area contributed by atoms with Crippen molar-refractivity contribution in [3.63, 3.8) is 0 Å². The average Bonchev–Trinajstić information content (AvgIpc) is 3.22. The van der Waals surface area contributed by atoms with Crippen LogP contribution in [0.5, 0.6) is 0 Å². The number of nitrogens with one attached hydrogen (secondary N) is 1. The predicted octanol–water partition coefficient (Wildman–Crippen LogP) is 5.50. The molecule has 4 aliphatic carbocycles. The molecule has 1 aromatic carbocycles. The van der Waals surface area contributed by atoms with Crippen LogP contribution >= 0.6 is 0 Å². The molecule has 3 N–H and O–H groups in total. The molecule has 0 spiro atoms. The summed E-state index contributed by atoms with van der Waals surface area (Å²) in [7, 11) is 0. The van der Waals surface area contributed by atoms with Gasteiger partial charge in [0.15, 0.2) is 0 Å². The van der Waals surface area contributed by atoms with Gasteiger partial charge in [-0.3, -0.25) is 4.79 Å². The Balaban J connectivity index is 1.01. The summed E-state index contributed by atoms with van der Waals surface area (Å²) in [6.45, 7) is 7.35. The summed E-state index contributed by atoms with van der Waals surface area (Å²) >= 11 is 0. The number of nitrogen functional groups attached to an aromatic ring is 1. The number of carbonyl (C=O) groups excluding carboxylic acids is 1. The van der Waals surface area contributed by atoms with E-state index in [1.165, 1.54) is 38.5 Å². The molecular formula is C32H44N2O4. The first-order valence-corrected chi connectivity index (χ1v) is 14.9. The molecule has 6 nitrogen and oxygen atoms in total. The molecule has 4 fully saturated rings. The molecule has 1 aromatic heterocycles. The van der Waals surface area contributed by atoms with Crippen molar-refractivity contribution in [2.24, 2.45) is 34.5 Å². The molecule has 1 heterocycles. The fraction of sp³-hybridized carbons (Fsp3) is 0.688. The van der Waals surface area contributed by atoms with Crippen LogP contribution in [-0.2, 0) is 16.0 Å². The van der Waals surface area contributed by atoms with Crippen LogP contribution in [0.15, 0.2) is 33.5 Å². The van der Waals surface area contributed by atoms with E-state index < -0.39 is 0 Å². The number of anilines is 1. The first kappa shape index (κ1) is 26.1. The molecule has 6 heteroatoms. The third-order valence-corrected chi connectivity index (χ3v) is 11.4. The van der Waals surface area contributed by atoms with E-state index in [0.717, 1.165) is 74.1 Å². The van der Waals surface area contributed by atoms with Gasteiger partial charge >= 0.3 is 5.63 Å². The molecule has 2 aromatic rings. The van der Waals surface area contributed by atoms with Gasteiger partial charge in [-0.15, -0.1) is 0 Å². The molecule has 206 valence electrons. The fourth-order valence-corrected chi connectivity index (χ4v) is 9.35. The second-order valence-corrected chi connectivity index (χ2v) is 13.2. The van der Waals surface area contributed by atoms with Crippen molar-refractivity contribution in [2.45, 2.75) is 84.2 Å². The van der Waals surface area contributed by atoms with Crippen molar-refractivity contribution >= 4 is 22.4 Å². The van der Waals surface area contributed by atoms with Crippen LogP contribution in [0.25, 0.3) is 11.0 Å². The number of hydrogen-bond acceptors (Lipinski definition) is 6. The Morgan fingerprint density at radius 2 is 1.84 bits per heavy atom. The van der Waals surface area contributed by atoms with Crippen LogP contribution in [0.3, 0.4) is 0 Å². The van der Waals surface area contributed by atoms with E-state index in [0.29, 0.717) is 34.5 Å². The van der Waals surface area contributed by atoms with Crippen LogP contribution in [0.4, 0.5) is 5.69 Å². The normalized spacial score (nSPS) is 36.6. The van der Waals surface area contributed by atoms with Gasteiger partial charge in [-0.25, -0.2) is 4.79 Å². The first-order valence-electron chi connectivity index (χ1n) is 14.9.